The maximum Gasteiger partial charge on any atom is 0.263 e. The highest BCUT2D eigenvalue weighted by Gasteiger charge is 2.26. The van der Waals surface area contributed by atoms with Crippen LogP contribution < -0.4 is 26.4 Å². The molecule has 0 bridgehead atoms. The lowest BCUT2D eigenvalue weighted by molar-refractivity contribution is 0.0938. The van der Waals surface area contributed by atoms with Gasteiger partial charge in [-0.15, -0.1) is 0 Å². The summed E-state index contributed by atoms with van der Waals surface area (Å²) in [5.41, 5.74) is 5.94. The second kappa shape index (κ2) is 12.9. The molecule has 2 atom stereocenters. The Morgan fingerprint density at radius 2 is 1.91 bits per heavy atom. The van der Waals surface area contributed by atoms with Gasteiger partial charge in [0.05, 0.1) is 6.54 Å². The van der Waals surface area contributed by atoms with Crippen LogP contribution in [0.5, 0.6) is 0 Å². The molecule has 1 fully saturated rings. The number of anilines is 3. The van der Waals surface area contributed by atoms with Crippen LogP contribution in [0.2, 0.25) is 5.15 Å². The molecule has 3 N–H and O–H groups in total. The third-order valence-corrected chi connectivity index (χ3v) is 7.96. The van der Waals surface area contributed by atoms with Crippen LogP contribution in [0.3, 0.4) is 0 Å². The van der Waals surface area contributed by atoms with Crippen LogP contribution in [-0.4, -0.2) is 66.1 Å². The van der Waals surface area contributed by atoms with Gasteiger partial charge in [-0.1, -0.05) is 29.8 Å². The van der Waals surface area contributed by atoms with Gasteiger partial charge in [0, 0.05) is 66.9 Å². The number of benzene rings is 2. The Balaban J connectivity index is 1.05. The van der Waals surface area contributed by atoms with Gasteiger partial charge in [0.15, 0.2) is 6.29 Å². The van der Waals surface area contributed by atoms with Gasteiger partial charge in [-0.25, -0.2) is 9.98 Å². The zero-order chi connectivity index (χ0) is 30.6. The monoisotopic (exact) mass is 610 g/mol. The highest BCUT2D eigenvalue weighted by molar-refractivity contribution is 6.29. The van der Waals surface area contributed by atoms with Crippen LogP contribution >= 0.6 is 11.6 Å². The molecule has 2 aromatic heterocycles. The summed E-state index contributed by atoms with van der Waals surface area (Å²) >= 11 is 5.87. The second-order valence-electron chi connectivity index (χ2n) is 11.4. The number of nitrogens with one attached hydrogen (secondary N) is 3. The fourth-order valence-corrected chi connectivity index (χ4v) is 5.65. The van der Waals surface area contributed by atoms with Gasteiger partial charge < -0.3 is 30.3 Å². The van der Waals surface area contributed by atoms with Crippen molar-refractivity contribution in [1.29, 1.82) is 0 Å². The lowest BCUT2D eigenvalue weighted by Crippen LogP contribution is -2.40. The molecule has 4 heterocycles. The number of carbonyl (C=O) groups excluding carboxylic acids is 1. The molecule has 2 aliphatic rings. The van der Waals surface area contributed by atoms with Gasteiger partial charge in [-0.2, -0.15) is 0 Å². The molecule has 0 aliphatic carbocycles. The predicted octanol–water partition coefficient (Wildman–Crippen LogP) is 4.26. The minimum Gasteiger partial charge on any atom is -0.369 e. The average Bonchev–Trinajstić information content (AvgIpc) is 3.48. The van der Waals surface area contributed by atoms with Crippen LogP contribution in [0, 0.1) is 0 Å². The number of pyridine rings is 2. The first-order valence-electron chi connectivity index (χ1n) is 14.6. The standard InChI is InChI=1S/C33H35ClN8O2/c1-40(2)19-22-5-8-25(9-6-22)38-33-36-18-24-16-27(10-11-29(24)39-33)41-15-13-26(21-41)37-31(43)28-4-3-14-42(32(28)44)20-23-7-12-30(34)35-17-23/h3-12,14,16-18,26,33,38-39H,13,15,19-21H2,1-2H3,(H,37,43). The van der Waals surface area contributed by atoms with Crippen LogP contribution in [-0.2, 0) is 13.1 Å². The number of aliphatic imine (C=N–C) groups is 1. The van der Waals surface area contributed by atoms with Crippen molar-refractivity contribution in [2.75, 3.05) is 42.7 Å². The first-order chi connectivity index (χ1) is 21.3. The van der Waals surface area contributed by atoms with Crippen LogP contribution in [0.25, 0.3) is 0 Å². The normalized spacial score (nSPS) is 17.3. The van der Waals surface area contributed by atoms with Crippen molar-refractivity contribution in [2.45, 2.75) is 31.8 Å². The molecule has 2 unspecified atom stereocenters. The number of carbonyl (C=O) groups is 1. The largest absolute Gasteiger partial charge is 0.369 e. The number of nitrogens with zero attached hydrogens (tertiary/aromatic N) is 5. The lowest BCUT2D eigenvalue weighted by Gasteiger charge is -2.25. The van der Waals surface area contributed by atoms with E-state index in [1.165, 1.54) is 10.1 Å². The van der Waals surface area contributed by atoms with Crippen molar-refractivity contribution in [3.8, 4) is 0 Å². The molecule has 0 radical (unpaired) electrons. The highest BCUT2D eigenvalue weighted by Crippen LogP contribution is 2.28. The van der Waals surface area contributed by atoms with E-state index < -0.39 is 0 Å². The number of hydrogen-bond acceptors (Lipinski definition) is 8. The number of aromatic nitrogens is 2. The van der Waals surface area contributed by atoms with E-state index in [4.69, 9.17) is 11.6 Å². The number of hydrogen-bond donors (Lipinski definition) is 3. The number of rotatable bonds is 9. The Morgan fingerprint density at radius 3 is 2.68 bits per heavy atom. The molecule has 44 heavy (non-hydrogen) atoms. The number of fused-ring (bicyclic) bond motifs is 1. The average molecular weight is 611 g/mol. The quantitative estimate of drug-likeness (QED) is 0.243. The number of amides is 1. The van der Waals surface area contributed by atoms with E-state index in [0.717, 1.165) is 47.7 Å². The van der Waals surface area contributed by atoms with Crippen molar-refractivity contribution < 1.29 is 4.79 Å². The molecule has 226 valence electrons. The summed E-state index contributed by atoms with van der Waals surface area (Å²) in [6.07, 6.45) is 5.71. The number of halogens is 1. The Labute approximate surface area is 261 Å². The molecule has 4 aromatic rings. The Bertz CT molecular complexity index is 1720. The SMILES string of the molecule is CN(C)Cc1ccc(NC2N=Cc3cc(N4CCC(NC(=O)c5cccn(Cc6ccc(Cl)nc6)c5=O)C4)ccc3N2)cc1. The summed E-state index contributed by atoms with van der Waals surface area (Å²) < 4.78 is 1.51. The Hall–Kier alpha value is -4.67. The molecule has 0 spiro atoms. The van der Waals surface area contributed by atoms with E-state index in [2.05, 4.69) is 92.3 Å². The maximum atomic E-state index is 13.1. The predicted molar refractivity (Wildman–Crippen MR) is 176 cm³/mol. The third kappa shape index (κ3) is 6.93. The van der Waals surface area contributed by atoms with Crippen molar-refractivity contribution >= 4 is 40.8 Å². The minimum atomic E-state index is -0.363. The summed E-state index contributed by atoms with van der Waals surface area (Å²) in [5.74, 6) is -0.363. The molecule has 10 nitrogen and oxygen atoms in total. The van der Waals surface area contributed by atoms with Gasteiger partial charge in [0.2, 0.25) is 0 Å². The molecule has 11 heteroatoms. The van der Waals surface area contributed by atoms with E-state index in [1.54, 1.807) is 30.6 Å². The summed E-state index contributed by atoms with van der Waals surface area (Å²) in [6.45, 7) is 2.66. The third-order valence-electron chi connectivity index (χ3n) is 7.74. The van der Waals surface area contributed by atoms with E-state index in [9.17, 15) is 9.59 Å². The van der Waals surface area contributed by atoms with Gasteiger partial charge in [-0.05, 0) is 80.2 Å². The van der Waals surface area contributed by atoms with E-state index in [0.29, 0.717) is 18.2 Å². The van der Waals surface area contributed by atoms with Crippen molar-refractivity contribution in [2.24, 2.45) is 4.99 Å². The summed E-state index contributed by atoms with van der Waals surface area (Å²) in [7, 11) is 4.12. The van der Waals surface area contributed by atoms with Gasteiger partial charge in [-0.3, -0.25) is 9.59 Å². The first-order valence-corrected chi connectivity index (χ1v) is 15.0. The molecule has 2 aromatic carbocycles. The second-order valence-corrected chi connectivity index (χ2v) is 11.8. The van der Waals surface area contributed by atoms with Gasteiger partial charge in [0.25, 0.3) is 11.5 Å². The Morgan fingerprint density at radius 1 is 1.09 bits per heavy atom. The molecular weight excluding hydrogens is 576 g/mol. The molecular formula is C33H35ClN8O2. The van der Waals surface area contributed by atoms with E-state index in [1.807, 2.05) is 12.3 Å². The Kier molecular flexibility index (Phi) is 8.63. The summed E-state index contributed by atoms with van der Waals surface area (Å²) in [6, 6.07) is 21.4. The van der Waals surface area contributed by atoms with Crippen LogP contribution in [0.1, 0.15) is 33.5 Å². The van der Waals surface area contributed by atoms with Crippen molar-refractivity contribution in [3.05, 3.63) is 117 Å². The first kappa shape index (κ1) is 29.4. The van der Waals surface area contributed by atoms with Gasteiger partial charge >= 0.3 is 0 Å². The minimum absolute atomic E-state index is 0.0726. The van der Waals surface area contributed by atoms with Crippen LogP contribution in [0.4, 0.5) is 17.1 Å². The fraction of sp³-hybridized carbons (Fsp3) is 0.273. The highest BCUT2D eigenvalue weighted by atomic mass is 35.5. The fourth-order valence-electron chi connectivity index (χ4n) is 5.53. The summed E-state index contributed by atoms with van der Waals surface area (Å²) in [5, 5.41) is 10.3. The molecule has 2 aliphatic heterocycles. The van der Waals surface area contributed by atoms with E-state index >= 15 is 0 Å². The van der Waals surface area contributed by atoms with Crippen LogP contribution in [0.15, 0.2) is 88.9 Å². The van der Waals surface area contributed by atoms with Gasteiger partial charge in [0.1, 0.15) is 10.7 Å². The lowest BCUT2D eigenvalue weighted by atomic mass is 10.1. The topological polar surface area (TPSA) is 107 Å². The van der Waals surface area contributed by atoms with Crippen molar-refractivity contribution in [1.82, 2.24) is 19.8 Å². The maximum absolute atomic E-state index is 13.1. The molecule has 6 rings (SSSR count). The zero-order valence-electron chi connectivity index (χ0n) is 24.7. The van der Waals surface area contributed by atoms with Crippen molar-refractivity contribution in [3.63, 3.8) is 0 Å². The molecule has 0 saturated carbocycles. The molecule has 1 saturated heterocycles. The molecule has 1 amide bonds. The van der Waals surface area contributed by atoms with E-state index in [-0.39, 0.29) is 29.4 Å². The summed E-state index contributed by atoms with van der Waals surface area (Å²) in [4.78, 5) is 39.3. The smallest absolute Gasteiger partial charge is 0.263 e. The zero-order valence-corrected chi connectivity index (χ0v) is 25.5.